The van der Waals surface area contributed by atoms with Crippen LogP contribution >= 0.6 is 0 Å². The quantitative estimate of drug-likeness (QED) is 0.748. The minimum Gasteiger partial charge on any atom is -0.378 e. The maximum atomic E-state index is 12.3. The van der Waals surface area contributed by atoms with Gasteiger partial charge in [-0.15, -0.1) is 0 Å². The fourth-order valence-corrected chi connectivity index (χ4v) is 3.30. The molecular formula is C22H28N4O3. The number of nitrogens with one attached hydrogen (secondary N) is 2. The summed E-state index contributed by atoms with van der Waals surface area (Å²) < 4.78 is 5.38. The van der Waals surface area contributed by atoms with Gasteiger partial charge in [-0.1, -0.05) is 12.1 Å². The lowest BCUT2D eigenvalue weighted by molar-refractivity contribution is -0.117. The number of anilines is 2. The second-order valence-corrected chi connectivity index (χ2v) is 7.14. The van der Waals surface area contributed by atoms with E-state index in [0.717, 1.165) is 43.2 Å². The lowest BCUT2D eigenvalue weighted by Gasteiger charge is -2.28. The Balaban J connectivity index is 1.47. The number of amides is 2. The predicted octanol–water partition coefficient (Wildman–Crippen LogP) is 1.95. The normalized spacial score (nSPS) is 14.0. The molecule has 3 rings (SSSR count). The van der Waals surface area contributed by atoms with Crippen LogP contribution in [0.4, 0.5) is 11.4 Å². The Labute approximate surface area is 171 Å². The molecule has 2 amide bonds. The topological polar surface area (TPSA) is 73.9 Å². The molecule has 7 nitrogen and oxygen atoms in total. The third-order valence-electron chi connectivity index (χ3n) is 4.84. The van der Waals surface area contributed by atoms with Crippen LogP contribution in [0.5, 0.6) is 0 Å². The van der Waals surface area contributed by atoms with E-state index in [1.54, 1.807) is 19.2 Å². The SMILES string of the molecule is CNC(=O)c1ccc(CN(C)CC(=O)Nc2ccc(N3CCOCC3)cc2)cc1. The minimum absolute atomic E-state index is 0.0615. The van der Waals surface area contributed by atoms with Crippen LogP contribution in [-0.2, 0) is 16.1 Å². The first-order chi connectivity index (χ1) is 14.0. The number of benzene rings is 2. The van der Waals surface area contributed by atoms with Crippen molar-refractivity contribution in [2.45, 2.75) is 6.54 Å². The number of hydrogen-bond acceptors (Lipinski definition) is 5. The van der Waals surface area contributed by atoms with Gasteiger partial charge in [-0.3, -0.25) is 14.5 Å². The van der Waals surface area contributed by atoms with Gasteiger partial charge in [0, 0.05) is 43.6 Å². The molecule has 1 saturated heterocycles. The van der Waals surface area contributed by atoms with Crippen molar-refractivity contribution < 1.29 is 14.3 Å². The van der Waals surface area contributed by atoms with Crippen LogP contribution in [0.1, 0.15) is 15.9 Å². The van der Waals surface area contributed by atoms with E-state index in [1.807, 2.05) is 48.3 Å². The molecule has 0 unspecified atom stereocenters. The predicted molar refractivity (Wildman–Crippen MR) is 114 cm³/mol. The Morgan fingerprint density at radius 3 is 2.31 bits per heavy atom. The van der Waals surface area contributed by atoms with E-state index in [-0.39, 0.29) is 18.4 Å². The molecule has 1 aliphatic rings. The highest BCUT2D eigenvalue weighted by atomic mass is 16.5. The van der Waals surface area contributed by atoms with Crippen LogP contribution in [0.15, 0.2) is 48.5 Å². The van der Waals surface area contributed by atoms with Gasteiger partial charge in [-0.05, 0) is 49.0 Å². The van der Waals surface area contributed by atoms with Gasteiger partial charge in [0.05, 0.1) is 19.8 Å². The molecule has 1 heterocycles. The molecule has 0 aliphatic carbocycles. The zero-order valence-corrected chi connectivity index (χ0v) is 17.0. The number of likely N-dealkylation sites (N-methyl/N-ethyl adjacent to an activating group) is 1. The van der Waals surface area contributed by atoms with Crippen molar-refractivity contribution in [1.82, 2.24) is 10.2 Å². The van der Waals surface area contributed by atoms with Crippen molar-refractivity contribution in [2.24, 2.45) is 0 Å². The fraction of sp³-hybridized carbons (Fsp3) is 0.364. The summed E-state index contributed by atoms with van der Waals surface area (Å²) in [5.74, 6) is -0.169. The Hall–Kier alpha value is -2.90. The first-order valence-electron chi connectivity index (χ1n) is 9.77. The van der Waals surface area contributed by atoms with Crippen molar-refractivity contribution in [1.29, 1.82) is 0 Å². The van der Waals surface area contributed by atoms with Crippen LogP contribution < -0.4 is 15.5 Å². The molecule has 154 valence electrons. The number of nitrogens with zero attached hydrogens (tertiary/aromatic N) is 2. The summed E-state index contributed by atoms with van der Waals surface area (Å²) >= 11 is 0. The van der Waals surface area contributed by atoms with Gasteiger partial charge >= 0.3 is 0 Å². The molecular weight excluding hydrogens is 368 g/mol. The van der Waals surface area contributed by atoms with E-state index >= 15 is 0 Å². The molecule has 0 aromatic heterocycles. The fourth-order valence-electron chi connectivity index (χ4n) is 3.30. The minimum atomic E-state index is -0.107. The van der Waals surface area contributed by atoms with Crippen molar-refractivity contribution in [3.05, 3.63) is 59.7 Å². The van der Waals surface area contributed by atoms with Gasteiger partial charge in [0.25, 0.3) is 5.91 Å². The molecule has 29 heavy (non-hydrogen) atoms. The summed E-state index contributed by atoms with van der Waals surface area (Å²) in [5.41, 5.74) is 3.60. The second kappa shape index (κ2) is 10.0. The van der Waals surface area contributed by atoms with Crippen molar-refractivity contribution >= 4 is 23.2 Å². The van der Waals surface area contributed by atoms with E-state index in [9.17, 15) is 9.59 Å². The van der Waals surface area contributed by atoms with E-state index in [1.165, 1.54) is 0 Å². The summed E-state index contributed by atoms with van der Waals surface area (Å²) in [6, 6.07) is 15.3. The molecule has 0 spiro atoms. The molecule has 0 atom stereocenters. The summed E-state index contributed by atoms with van der Waals surface area (Å²) in [6.07, 6.45) is 0. The van der Waals surface area contributed by atoms with E-state index in [4.69, 9.17) is 4.74 Å². The molecule has 2 N–H and O–H groups in total. The van der Waals surface area contributed by atoms with Gasteiger partial charge in [0.2, 0.25) is 5.91 Å². The zero-order valence-electron chi connectivity index (χ0n) is 17.0. The first-order valence-corrected chi connectivity index (χ1v) is 9.77. The van der Waals surface area contributed by atoms with E-state index in [2.05, 4.69) is 15.5 Å². The summed E-state index contributed by atoms with van der Waals surface area (Å²) in [5, 5.41) is 5.55. The van der Waals surface area contributed by atoms with Crippen molar-refractivity contribution in [2.75, 3.05) is 57.2 Å². The highest BCUT2D eigenvalue weighted by molar-refractivity contribution is 5.94. The monoisotopic (exact) mass is 396 g/mol. The Morgan fingerprint density at radius 1 is 1.03 bits per heavy atom. The average molecular weight is 396 g/mol. The highest BCUT2D eigenvalue weighted by Gasteiger charge is 2.12. The van der Waals surface area contributed by atoms with Gasteiger partial charge in [0.1, 0.15) is 0 Å². The molecule has 2 aromatic rings. The largest absolute Gasteiger partial charge is 0.378 e. The Kier molecular flexibility index (Phi) is 7.21. The lowest BCUT2D eigenvalue weighted by Crippen LogP contribution is -2.36. The molecule has 0 radical (unpaired) electrons. The third kappa shape index (κ3) is 6.04. The van der Waals surface area contributed by atoms with Crippen LogP contribution in [-0.4, -0.2) is 63.7 Å². The second-order valence-electron chi connectivity index (χ2n) is 7.14. The Morgan fingerprint density at radius 2 is 1.69 bits per heavy atom. The van der Waals surface area contributed by atoms with Gasteiger partial charge in [-0.25, -0.2) is 0 Å². The lowest BCUT2D eigenvalue weighted by atomic mass is 10.1. The number of carbonyl (C=O) groups is 2. The molecule has 0 bridgehead atoms. The van der Waals surface area contributed by atoms with Crippen molar-refractivity contribution in [3.8, 4) is 0 Å². The maximum Gasteiger partial charge on any atom is 0.251 e. The average Bonchev–Trinajstić information content (AvgIpc) is 2.74. The Bertz CT molecular complexity index is 815. The third-order valence-corrected chi connectivity index (χ3v) is 4.84. The zero-order chi connectivity index (χ0) is 20.6. The smallest absolute Gasteiger partial charge is 0.251 e. The summed E-state index contributed by atoms with van der Waals surface area (Å²) in [6.45, 7) is 4.18. The molecule has 1 fully saturated rings. The van der Waals surface area contributed by atoms with Crippen LogP contribution in [0, 0.1) is 0 Å². The standard InChI is InChI=1S/C22H28N4O3/c1-23-22(28)18-5-3-17(4-6-18)15-25(2)16-21(27)24-19-7-9-20(10-8-19)26-11-13-29-14-12-26/h3-10H,11-16H2,1-2H3,(H,23,28)(H,24,27). The van der Waals surface area contributed by atoms with Gasteiger partial charge in [0.15, 0.2) is 0 Å². The first kappa shape index (κ1) is 20.8. The van der Waals surface area contributed by atoms with Gasteiger partial charge in [-0.2, -0.15) is 0 Å². The summed E-state index contributed by atoms with van der Waals surface area (Å²) in [7, 11) is 3.51. The molecule has 0 saturated carbocycles. The van der Waals surface area contributed by atoms with Crippen LogP contribution in [0.2, 0.25) is 0 Å². The molecule has 7 heteroatoms. The van der Waals surface area contributed by atoms with E-state index < -0.39 is 0 Å². The van der Waals surface area contributed by atoms with Crippen LogP contribution in [0.25, 0.3) is 0 Å². The molecule has 2 aromatic carbocycles. The number of hydrogen-bond donors (Lipinski definition) is 2. The maximum absolute atomic E-state index is 12.3. The summed E-state index contributed by atoms with van der Waals surface area (Å²) in [4.78, 5) is 28.2. The number of ether oxygens (including phenoxy) is 1. The van der Waals surface area contributed by atoms with E-state index in [0.29, 0.717) is 12.1 Å². The van der Waals surface area contributed by atoms with Gasteiger partial charge < -0.3 is 20.3 Å². The van der Waals surface area contributed by atoms with Crippen LogP contribution in [0.3, 0.4) is 0 Å². The number of morpholine rings is 1. The van der Waals surface area contributed by atoms with Crippen molar-refractivity contribution in [3.63, 3.8) is 0 Å². The highest BCUT2D eigenvalue weighted by Crippen LogP contribution is 2.19. The molecule has 1 aliphatic heterocycles. The number of carbonyl (C=O) groups excluding carboxylic acids is 2. The number of rotatable bonds is 7.